The van der Waals surface area contributed by atoms with Crippen molar-refractivity contribution in [3.8, 4) is 23.0 Å². The van der Waals surface area contributed by atoms with Crippen molar-refractivity contribution in [1.82, 2.24) is 44.9 Å². The quantitative estimate of drug-likeness (QED) is 0.483. The van der Waals surface area contributed by atoms with Crippen LogP contribution in [-0.4, -0.2) is 44.9 Å². The second-order valence-electron chi connectivity index (χ2n) is 5.91. The molecule has 0 aliphatic carbocycles. The van der Waals surface area contributed by atoms with E-state index in [9.17, 15) is 0 Å². The standard InChI is InChI=1S/C17H9N9O/c1-8-12(4-19-10(1)17-25-13-3-18-6-21-15(13)26-17)24-16(23-8)11-2-9-14(5-20-11)27-7-22-9/h1-7H,(H,23,24)(H,18,21,25,26). The topological polar surface area (TPSA) is 135 Å². The van der Waals surface area contributed by atoms with Gasteiger partial charge in [0, 0.05) is 0 Å². The van der Waals surface area contributed by atoms with E-state index in [1.165, 1.54) is 12.7 Å². The molecule has 0 aliphatic heterocycles. The Labute approximate surface area is 149 Å². The monoisotopic (exact) mass is 355 g/mol. The molecule has 0 atom stereocenters. The molecule has 0 spiro atoms. The minimum absolute atomic E-state index is 0.592. The van der Waals surface area contributed by atoms with E-state index in [-0.39, 0.29) is 0 Å². The number of fused-ring (bicyclic) bond motifs is 3. The van der Waals surface area contributed by atoms with Crippen LogP contribution in [0.25, 0.3) is 56.3 Å². The highest BCUT2D eigenvalue weighted by Gasteiger charge is 2.12. The lowest BCUT2D eigenvalue weighted by Gasteiger charge is -1.94. The first-order valence-electron chi connectivity index (χ1n) is 8.05. The van der Waals surface area contributed by atoms with Crippen LogP contribution in [0.5, 0.6) is 0 Å². The zero-order valence-electron chi connectivity index (χ0n) is 13.6. The van der Waals surface area contributed by atoms with Crippen LogP contribution in [0.15, 0.2) is 47.9 Å². The summed E-state index contributed by atoms with van der Waals surface area (Å²) >= 11 is 0. The molecular formula is C17H9N9O. The molecule has 0 aliphatic rings. The first-order valence-corrected chi connectivity index (χ1v) is 8.05. The molecule has 0 saturated carbocycles. The van der Waals surface area contributed by atoms with Gasteiger partial charge in [0.1, 0.15) is 28.7 Å². The summed E-state index contributed by atoms with van der Waals surface area (Å²) in [4.78, 5) is 36.6. The molecule has 128 valence electrons. The molecule has 2 N–H and O–H groups in total. The molecule has 0 fully saturated rings. The molecule has 6 heterocycles. The number of hydrogen-bond acceptors (Lipinski definition) is 8. The van der Waals surface area contributed by atoms with Crippen molar-refractivity contribution >= 4 is 33.3 Å². The first-order chi connectivity index (χ1) is 13.3. The Morgan fingerprint density at radius 2 is 1.56 bits per heavy atom. The summed E-state index contributed by atoms with van der Waals surface area (Å²) < 4.78 is 5.22. The van der Waals surface area contributed by atoms with Crippen molar-refractivity contribution in [3.63, 3.8) is 0 Å². The summed E-state index contributed by atoms with van der Waals surface area (Å²) in [5.41, 5.74) is 5.59. The molecule has 6 aromatic heterocycles. The average molecular weight is 355 g/mol. The van der Waals surface area contributed by atoms with E-state index < -0.39 is 0 Å². The van der Waals surface area contributed by atoms with Gasteiger partial charge in [-0.25, -0.2) is 29.9 Å². The lowest BCUT2D eigenvalue weighted by molar-refractivity contribution is 0.601. The summed E-state index contributed by atoms with van der Waals surface area (Å²) in [7, 11) is 0. The number of aromatic nitrogens is 9. The van der Waals surface area contributed by atoms with Gasteiger partial charge in [0.05, 0.1) is 29.6 Å². The third kappa shape index (κ3) is 2.16. The first kappa shape index (κ1) is 14.0. The minimum Gasteiger partial charge on any atom is -0.442 e. The highest BCUT2D eigenvalue weighted by Crippen LogP contribution is 2.24. The van der Waals surface area contributed by atoms with Crippen molar-refractivity contribution in [2.45, 2.75) is 0 Å². The van der Waals surface area contributed by atoms with Gasteiger partial charge in [0.2, 0.25) is 0 Å². The molecule has 0 saturated heterocycles. The number of pyridine rings is 2. The fourth-order valence-electron chi connectivity index (χ4n) is 2.94. The normalized spacial score (nSPS) is 11.7. The molecule has 0 amide bonds. The number of nitrogens with zero attached hydrogens (tertiary/aromatic N) is 7. The molecule has 10 nitrogen and oxygen atoms in total. The van der Waals surface area contributed by atoms with Gasteiger partial charge < -0.3 is 14.4 Å². The van der Waals surface area contributed by atoms with Crippen molar-refractivity contribution < 1.29 is 4.42 Å². The van der Waals surface area contributed by atoms with Gasteiger partial charge in [0.15, 0.2) is 29.3 Å². The van der Waals surface area contributed by atoms with Gasteiger partial charge >= 0.3 is 0 Å². The van der Waals surface area contributed by atoms with E-state index in [4.69, 9.17) is 4.42 Å². The zero-order valence-corrected chi connectivity index (χ0v) is 13.6. The smallest absolute Gasteiger partial charge is 0.182 e. The molecular weight excluding hydrogens is 346 g/mol. The van der Waals surface area contributed by atoms with Gasteiger partial charge in [-0.2, -0.15) is 0 Å². The number of oxazole rings is 1. The number of nitrogens with one attached hydrogen (secondary N) is 2. The number of aromatic amines is 2. The van der Waals surface area contributed by atoms with Crippen LogP contribution in [0, 0.1) is 0 Å². The lowest BCUT2D eigenvalue weighted by atomic mass is 10.3. The number of H-pyrrole nitrogens is 2. The Morgan fingerprint density at radius 3 is 2.48 bits per heavy atom. The van der Waals surface area contributed by atoms with Crippen LogP contribution >= 0.6 is 0 Å². The van der Waals surface area contributed by atoms with Crippen molar-refractivity contribution in [2.24, 2.45) is 0 Å². The number of hydrogen-bond donors (Lipinski definition) is 2. The number of rotatable bonds is 2. The van der Waals surface area contributed by atoms with Crippen LogP contribution in [0.3, 0.4) is 0 Å². The maximum absolute atomic E-state index is 5.22. The van der Waals surface area contributed by atoms with E-state index in [0.29, 0.717) is 34.3 Å². The minimum atomic E-state index is 0.592. The number of imidazole rings is 2. The third-order valence-corrected chi connectivity index (χ3v) is 4.23. The molecule has 6 rings (SSSR count). The largest absolute Gasteiger partial charge is 0.442 e. The lowest BCUT2D eigenvalue weighted by Crippen LogP contribution is -1.85. The molecule has 6 aromatic rings. The van der Waals surface area contributed by atoms with Gasteiger partial charge in [-0.15, -0.1) is 0 Å². The average Bonchev–Trinajstić information content (AvgIpc) is 3.42. The fourth-order valence-corrected chi connectivity index (χ4v) is 2.94. The molecule has 0 radical (unpaired) electrons. The van der Waals surface area contributed by atoms with E-state index in [1.807, 2.05) is 12.1 Å². The SMILES string of the molecule is c1ncc2[nH]c(-c3cc4nc(-c5cc6ncoc6cn5)[nH]c4cn3)nc2n1. The summed E-state index contributed by atoms with van der Waals surface area (Å²) in [5.74, 6) is 1.24. The Morgan fingerprint density at radius 1 is 0.741 bits per heavy atom. The van der Waals surface area contributed by atoms with Crippen LogP contribution in [0.2, 0.25) is 0 Å². The zero-order chi connectivity index (χ0) is 17.8. The van der Waals surface area contributed by atoms with Crippen LogP contribution in [0.4, 0.5) is 0 Å². The molecule has 0 aromatic carbocycles. The molecule has 10 heteroatoms. The predicted molar refractivity (Wildman–Crippen MR) is 95.4 cm³/mol. The van der Waals surface area contributed by atoms with E-state index in [0.717, 1.165) is 22.1 Å². The highest BCUT2D eigenvalue weighted by molar-refractivity contribution is 5.83. The maximum atomic E-state index is 5.22. The Balaban J connectivity index is 1.46. The van der Waals surface area contributed by atoms with Crippen molar-refractivity contribution in [2.75, 3.05) is 0 Å². The van der Waals surface area contributed by atoms with Crippen molar-refractivity contribution in [1.29, 1.82) is 0 Å². The third-order valence-electron chi connectivity index (χ3n) is 4.23. The second-order valence-corrected chi connectivity index (χ2v) is 5.91. The fraction of sp³-hybridized carbons (Fsp3) is 0. The Kier molecular flexibility index (Phi) is 2.67. The summed E-state index contributed by atoms with van der Waals surface area (Å²) in [6.45, 7) is 0. The molecule has 27 heavy (non-hydrogen) atoms. The summed E-state index contributed by atoms with van der Waals surface area (Å²) in [5, 5.41) is 0. The maximum Gasteiger partial charge on any atom is 0.182 e. The summed E-state index contributed by atoms with van der Waals surface area (Å²) in [6.07, 6.45) is 7.87. The van der Waals surface area contributed by atoms with Crippen LogP contribution in [0.1, 0.15) is 0 Å². The van der Waals surface area contributed by atoms with Gasteiger partial charge in [-0.1, -0.05) is 0 Å². The van der Waals surface area contributed by atoms with E-state index in [2.05, 4.69) is 44.9 Å². The van der Waals surface area contributed by atoms with E-state index >= 15 is 0 Å². The summed E-state index contributed by atoms with van der Waals surface area (Å²) in [6, 6.07) is 3.68. The second kappa shape index (κ2) is 5.14. The Bertz CT molecular complexity index is 1410. The molecule has 0 bridgehead atoms. The van der Waals surface area contributed by atoms with Gasteiger partial charge in [-0.05, 0) is 12.1 Å². The predicted octanol–water partition coefficient (Wildman–Crippen LogP) is 2.49. The van der Waals surface area contributed by atoms with E-state index in [1.54, 1.807) is 18.6 Å². The van der Waals surface area contributed by atoms with Crippen molar-refractivity contribution in [3.05, 3.63) is 43.4 Å². The van der Waals surface area contributed by atoms with Crippen LogP contribution in [-0.2, 0) is 0 Å². The Hall–Kier alpha value is -4.21. The highest BCUT2D eigenvalue weighted by atomic mass is 16.3. The van der Waals surface area contributed by atoms with Crippen LogP contribution < -0.4 is 0 Å². The van der Waals surface area contributed by atoms with Gasteiger partial charge in [-0.3, -0.25) is 4.98 Å². The molecule has 0 unspecified atom stereocenters. The van der Waals surface area contributed by atoms with Gasteiger partial charge in [0.25, 0.3) is 0 Å².